The number of ketones is 1. The van der Waals surface area contributed by atoms with E-state index >= 15 is 0 Å². The van der Waals surface area contributed by atoms with Gasteiger partial charge in [0.25, 0.3) is 17.7 Å². The van der Waals surface area contributed by atoms with E-state index in [0.717, 1.165) is 21.0 Å². The number of rotatable bonds is 7. The molecule has 0 aromatic heterocycles. The van der Waals surface area contributed by atoms with Crippen LogP contribution in [0.15, 0.2) is 104 Å². The highest BCUT2D eigenvalue weighted by Crippen LogP contribution is 2.48. The van der Waals surface area contributed by atoms with Gasteiger partial charge >= 0.3 is 0 Å². The summed E-state index contributed by atoms with van der Waals surface area (Å²) in [5.74, 6) is -1.52. The predicted molar refractivity (Wildman–Crippen MR) is 182 cm³/mol. The summed E-state index contributed by atoms with van der Waals surface area (Å²) in [5.41, 5.74) is 2.33. The van der Waals surface area contributed by atoms with Gasteiger partial charge in [-0.25, -0.2) is 5.01 Å². The number of hydrazone groups is 1. The van der Waals surface area contributed by atoms with Gasteiger partial charge in [-0.2, -0.15) is 5.10 Å². The quantitative estimate of drug-likeness (QED) is 0.171. The highest BCUT2D eigenvalue weighted by atomic mass is 32.2. The van der Waals surface area contributed by atoms with E-state index in [-0.39, 0.29) is 52.5 Å². The molecule has 3 amide bonds. The lowest BCUT2D eigenvalue weighted by atomic mass is 9.82. The lowest BCUT2D eigenvalue weighted by Gasteiger charge is -2.28. The molecule has 9 nitrogen and oxygen atoms in total. The number of unbranched alkanes of at least 4 members (excludes halogenated alkanes) is 1. The molecule has 1 aliphatic carbocycles. The SMILES string of the molecule is CCC1=NN(C(C)(C)C)C(=O)/C1=C1/C(=O)C(/C=C2\Sc3ccccc3N2CCCCN2C(=O)c3cccc4cccc(c34)C2=O)=C1O. The van der Waals surface area contributed by atoms with Crippen LogP contribution in [0.1, 0.15) is 67.7 Å². The van der Waals surface area contributed by atoms with Crippen LogP contribution in [-0.2, 0) is 9.59 Å². The fraction of sp³-hybridized carbons (Fsp3) is 0.270. The normalized spacial score (nSPS) is 20.2. The Balaban J connectivity index is 1.11. The number of imide groups is 1. The van der Waals surface area contributed by atoms with Crippen molar-refractivity contribution in [3.63, 3.8) is 0 Å². The number of thioether (sulfide) groups is 1. The molecule has 0 saturated heterocycles. The molecule has 0 radical (unpaired) electrons. The van der Waals surface area contributed by atoms with E-state index in [4.69, 9.17) is 0 Å². The van der Waals surface area contributed by atoms with Crippen LogP contribution in [0, 0.1) is 0 Å². The minimum absolute atomic E-state index is 0.0226. The zero-order valence-electron chi connectivity index (χ0n) is 26.7. The number of nitrogens with zero attached hydrogens (tertiary/aromatic N) is 4. The average Bonchev–Trinajstić information content (AvgIpc) is 3.58. The van der Waals surface area contributed by atoms with Crippen molar-refractivity contribution in [2.45, 2.75) is 57.4 Å². The Hall–Kier alpha value is -4.96. The van der Waals surface area contributed by atoms with Gasteiger partial charge in [0.2, 0.25) is 5.78 Å². The summed E-state index contributed by atoms with van der Waals surface area (Å²) in [4.78, 5) is 57.9. The minimum Gasteiger partial charge on any atom is -0.506 e. The Labute approximate surface area is 276 Å². The lowest BCUT2D eigenvalue weighted by Crippen LogP contribution is -2.41. The van der Waals surface area contributed by atoms with Crippen molar-refractivity contribution < 1.29 is 24.3 Å². The number of carbonyl (C=O) groups excluding carboxylic acids is 4. The second kappa shape index (κ2) is 11.4. The van der Waals surface area contributed by atoms with Gasteiger partial charge in [0, 0.05) is 34.5 Å². The molecular weight excluding hydrogens is 612 g/mol. The van der Waals surface area contributed by atoms with E-state index in [2.05, 4.69) is 10.0 Å². The lowest BCUT2D eigenvalue weighted by molar-refractivity contribution is -0.130. The highest BCUT2D eigenvalue weighted by Gasteiger charge is 2.45. The topological polar surface area (TPSA) is 111 Å². The van der Waals surface area contributed by atoms with Crippen LogP contribution in [0.5, 0.6) is 0 Å². The Kier molecular flexibility index (Phi) is 7.43. The van der Waals surface area contributed by atoms with E-state index < -0.39 is 5.54 Å². The van der Waals surface area contributed by atoms with Crippen molar-refractivity contribution in [3.05, 3.63) is 105 Å². The van der Waals surface area contributed by atoms with E-state index in [9.17, 15) is 24.3 Å². The second-order valence-electron chi connectivity index (χ2n) is 12.9. The van der Waals surface area contributed by atoms with Gasteiger partial charge < -0.3 is 10.0 Å². The van der Waals surface area contributed by atoms with Gasteiger partial charge in [-0.05, 0) is 75.8 Å². The van der Waals surface area contributed by atoms with Crippen LogP contribution in [0.4, 0.5) is 5.69 Å². The molecule has 3 aromatic carbocycles. The van der Waals surface area contributed by atoms with Gasteiger partial charge in [0.1, 0.15) is 5.76 Å². The number of para-hydroxylation sites is 1. The summed E-state index contributed by atoms with van der Waals surface area (Å²) in [5, 5.41) is 19.4. The molecule has 3 aromatic rings. The first-order valence-corrected chi connectivity index (χ1v) is 16.6. The number of fused-ring (bicyclic) bond motifs is 1. The van der Waals surface area contributed by atoms with E-state index in [1.165, 1.54) is 21.7 Å². The van der Waals surface area contributed by atoms with E-state index in [1.54, 1.807) is 18.2 Å². The Morgan fingerprint density at radius 2 is 1.45 bits per heavy atom. The third kappa shape index (κ3) is 4.90. The standard InChI is InChI=1S/C37H34N4O5S/c1-5-25-30(36(46)41(38-25)37(2,3)4)31-32(42)24(33(31)43)20-28-39(26-16-6-7-17-27(26)47-28)18-8-9-19-40-34(44)22-14-10-12-21-13-11-15-23(29(21)22)35(40)45/h6-7,10-17,20,42H,5,8-9,18-19H2,1-4H3/b28-20-,31-30+. The smallest absolute Gasteiger partial charge is 0.277 e. The number of aliphatic hydroxyl groups is 1. The maximum Gasteiger partial charge on any atom is 0.277 e. The molecule has 0 saturated carbocycles. The van der Waals surface area contributed by atoms with Crippen LogP contribution >= 0.6 is 11.8 Å². The number of allylic oxidation sites excluding steroid dienone is 3. The Morgan fingerprint density at radius 1 is 0.809 bits per heavy atom. The van der Waals surface area contributed by atoms with Gasteiger partial charge in [-0.3, -0.25) is 24.1 Å². The van der Waals surface area contributed by atoms with Crippen LogP contribution in [0.3, 0.4) is 0 Å². The van der Waals surface area contributed by atoms with Gasteiger partial charge in [-0.1, -0.05) is 55.1 Å². The number of hydrogen-bond donors (Lipinski definition) is 1. The minimum atomic E-state index is -0.573. The molecule has 1 N–H and O–H groups in total. The first-order chi connectivity index (χ1) is 22.5. The number of anilines is 1. The monoisotopic (exact) mass is 646 g/mol. The van der Waals surface area contributed by atoms with Crippen molar-refractivity contribution in [1.29, 1.82) is 0 Å². The van der Waals surface area contributed by atoms with Crippen molar-refractivity contribution >= 4 is 57.4 Å². The van der Waals surface area contributed by atoms with Crippen LogP contribution in [-0.4, -0.2) is 62.9 Å². The molecule has 3 heterocycles. The summed E-state index contributed by atoms with van der Waals surface area (Å²) >= 11 is 1.50. The van der Waals surface area contributed by atoms with Crippen LogP contribution in [0.25, 0.3) is 10.8 Å². The second-order valence-corrected chi connectivity index (χ2v) is 14.0. The molecule has 3 aliphatic heterocycles. The molecule has 0 spiro atoms. The Bertz CT molecular complexity index is 2000. The molecule has 47 heavy (non-hydrogen) atoms. The molecule has 238 valence electrons. The molecule has 0 unspecified atom stereocenters. The Morgan fingerprint density at radius 3 is 2.06 bits per heavy atom. The fourth-order valence-corrected chi connectivity index (χ4v) is 7.66. The fourth-order valence-electron chi connectivity index (χ4n) is 6.52. The molecule has 4 aliphatic rings. The number of benzene rings is 3. The van der Waals surface area contributed by atoms with E-state index in [1.807, 2.05) is 76.2 Å². The van der Waals surface area contributed by atoms with Crippen LogP contribution < -0.4 is 4.90 Å². The summed E-state index contributed by atoms with van der Waals surface area (Å²) < 4.78 is 0. The summed E-state index contributed by atoms with van der Waals surface area (Å²) in [6, 6.07) is 18.9. The van der Waals surface area contributed by atoms with Crippen molar-refractivity contribution in [1.82, 2.24) is 9.91 Å². The van der Waals surface area contributed by atoms with Crippen molar-refractivity contribution in [2.24, 2.45) is 5.10 Å². The summed E-state index contributed by atoms with van der Waals surface area (Å²) in [7, 11) is 0. The summed E-state index contributed by atoms with van der Waals surface area (Å²) in [6.45, 7) is 8.33. The zero-order valence-corrected chi connectivity index (χ0v) is 27.5. The predicted octanol–water partition coefficient (Wildman–Crippen LogP) is 6.77. The molecule has 7 rings (SSSR count). The maximum atomic E-state index is 13.5. The number of amides is 3. The number of carbonyl (C=O) groups is 4. The molecule has 10 heteroatoms. The van der Waals surface area contributed by atoms with Gasteiger partial charge in [0.15, 0.2) is 0 Å². The molecule has 0 bridgehead atoms. The number of aliphatic hydroxyl groups excluding tert-OH is 1. The first kappa shape index (κ1) is 30.7. The third-order valence-corrected chi connectivity index (χ3v) is 9.99. The largest absolute Gasteiger partial charge is 0.506 e. The highest BCUT2D eigenvalue weighted by molar-refractivity contribution is 8.03. The average molecular weight is 647 g/mol. The number of hydrogen-bond acceptors (Lipinski definition) is 8. The van der Waals surface area contributed by atoms with Gasteiger partial charge in [0.05, 0.1) is 38.7 Å². The van der Waals surface area contributed by atoms with Crippen molar-refractivity contribution in [3.8, 4) is 0 Å². The summed E-state index contributed by atoms with van der Waals surface area (Å²) in [6.07, 6.45) is 3.38. The number of Topliss-reactive ketones (excluding diaryl/α,β-unsaturated/α-hetero) is 1. The van der Waals surface area contributed by atoms with Crippen molar-refractivity contribution in [2.75, 3.05) is 18.0 Å². The maximum absolute atomic E-state index is 13.5. The van der Waals surface area contributed by atoms with Gasteiger partial charge in [-0.15, -0.1) is 0 Å². The zero-order chi connectivity index (χ0) is 33.2. The molecule has 0 atom stereocenters. The third-order valence-electron chi connectivity index (χ3n) is 8.87. The van der Waals surface area contributed by atoms with E-state index in [0.29, 0.717) is 48.0 Å². The molecular formula is C37H34N4O5S. The van der Waals surface area contributed by atoms with Crippen LogP contribution in [0.2, 0.25) is 0 Å². The molecule has 0 fully saturated rings. The first-order valence-electron chi connectivity index (χ1n) is 15.8.